The van der Waals surface area contributed by atoms with Crippen LogP contribution in [0.2, 0.25) is 0 Å². The summed E-state index contributed by atoms with van der Waals surface area (Å²) in [6, 6.07) is 1.88. The lowest BCUT2D eigenvalue weighted by atomic mass is 9.68. The molecule has 1 saturated heterocycles. The summed E-state index contributed by atoms with van der Waals surface area (Å²) in [5.41, 5.74) is 2.87. The third-order valence-electron chi connectivity index (χ3n) is 4.10. The summed E-state index contributed by atoms with van der Waals surface area (Å²) in [6.07, 6.45) is 6.26. The van der Waals surface area contributed by atoms with Gasteiger partial charge >= 0.3 is 5.97 Å². The maximum atomic E-state index is 12.0. The lowest BCUT2D eigenvalue weighted by molar-refractivity contribution is -0.140. The highest BCUT2D eigenvalue weighted by Gasteiger charge is 2.52. The predicted molar refractivity (Wildman–Crippen MR) is 62.2 cm³/mol. The Labute approximate surface area is 100 Å². The Morgan fingerprint density at radius 1 is 1.47 bits per heavy atom. The van der Waals surface area contributed by atoms with E-state index in [4.69, 9.17) is 9.15 Å². The van der Waals surface area contributed by atoms with Gasteiger partial charge in [0, 0.05) is 16.6 Å². The van der Waals surface area contributed by atoms with Crippen molar-refractivity contribution >= 4 is 5.97 Å². The first kappa shape index (κ1) is 10.6. The number of fused-ring (bicyclic) bond motifs is 1. The molecule has 1 aliphatic heterocycles. The van der Waals surface area contributed by atoms with Crippen molar-refractivity contribution in [1.29, 1.82) is 0 Å². The van der Waals surface area contributed by atoms with Gasteiger partial charge in [-0.15, -0.1) is 0 Å². The van der Waals surface area contributed by atoms with Crippen molar-refractivity contribution in [2.75, 3.05) is 0 Å². The Morgan fingerprint density at radius 3 is 3.00 bits per heavy atom. The van der Waals surface area contributed by atoms with Gasteiger partial charge in [-0.25, -0.2) is 4.79 Å². The second-order valence-corrected chi connectivity index (χ2v) is 5.27. The third-order valence-corrected chi connectivity index (χ3v) is 4.10. The van der Waals surface area contributed by atoms with Gasteiger partial charge in [0.05, 0.1) is 12.5 Å². The zero-order valence-corrected chi connectivity index (χ0v) is 10.2. The molecule has 0 N–H and O–H groups in total. The molecule has 0 radical (unpaired) electrons. The van der Waals surface area contributed by atoms with Crippen LogP contribution in [0, 0.1) is 5.41 Å². The highest BCUT2D eigenvalue weighted by molar-refractivity contribution is 5.94. The average Bonchev–Trinajstić information content (AvgIpc) is 2.85. The molecule has 0 spiro atoms. The number of carbonyl (C=O) groups excluding carboxylic acids is 1. The van der Waals surface area contributed by atoms with Crippen LogP contribution in [0.1, 0.15) is 44.8 Å². The first-order chi connectivity index (χ1) is 8.13. The molecule has 90 valence electrons. The van der Waals surface area contributed by atoms with Gasteiger partial charge in [-0.3, -0.25) is 0 Å². The number of furan rings is 1. The van der Waals surface area contributed by atoms with Gasteiger partial charge in [-0.05, 0) is 32.3 Å². The number of hydrogen-bond donors (Lipinski definition) is 0. The van der Waals surface area contributed by atoms with E-state index in [0.717, 1.165) is 30.4 Å². The zero-order chi connectivity index (χ0) is 12.0. The fourth-order valence-corrected chi connectivity index (χ4v) is 3.28. The van der Waals surface area contributed by atoms with Gasteiger partial charge in [0.15, 0.2) is 0 Å². The molecule has 2 atom stereocenters. The number of esters is 1. The standard InChI is InChI=1S/C14H16O3/c1-9-4-3-6-14(2)11(9)13(15)17-12(14)10-5-7-16-8-10/h5,7-8,12H,3-4,6H2,1-2H3/t12-,14+/m0/s1. The van der Waals surface area contributed by atoms with Gasteiger partial charge in [0.25, 0.3) is 0 Å². The third kappa shape index (κ3) is 1.38. The maximum Gasteiger partial charge on any atom is 0.335 e. The van der Waals surface area contributed by atoms with Crippen LogP contribution in [0.5, 0.6) is 0 Å². The van der Waals surface area contributed by atoms with Gasteiger partial charge in [-0.2, -0.15) is 0 Å². The molecule has 0 aromatic carbocycles. The molecule has 1 aromatic rings. The number of cyclic esters (lactones) is 1. The summed E-state index contributed by atoms with van der Waals surface area (Å²) >= 11 is 0. The van der Waals surface area contributed by atoms with Crippen molar-refractivity contribution in [1.82, 2.24) is 0 Å². The van der Waals surface area contributed by atoms with Crippen molar-refractivity contribution in [3.05, 3.63) is 35.3 Å². The molecule has 1 aliphatic carbocycles. The highest BCUT2D eigenvalue weighted by Crippen LogP contribution is 2.55. The molecule has 0 unspecified atom stereocenters. The van der Waals surface area contributed by atoms with Crippen molar-refractivity contribution in [2.45, 2.75) is 39.2 Å². The second-order valence-electron chi connectivity index (χ2n) is 5.27. The molecule has 0 bridgehead atoms. The number of rotatable bonds is 1. The van der Waals surface area contributed by atoms with Crippen LogP contribution in [-0.4, -0.2) is 5.97 Å². The van der Waals surface area contributed by atoms with E-state index in [2.05, 4.69) is 6.92 Å². The second kappa shape index (κ2) is 3.49. The Morgan fingerprint density at radius 2 is 2.29 bits per heavy atom. The minimum Gasteiger partial charge on any atom is -0.472 e. The molecule has 0 amide bonds. The molecule has 3 heteroatoms. The summed E-state index contributed by atoms with van der Waals surface area (Å²) in [4.78, 5) is 12.0. The fourth-order valence-electron chi connectivity index (χ4n) is 3.28. The van der Waals surface area contributed by atoms with E-state index in [1.54, 1.807) is 12.5 Å². The molecule has 3 rings (SSSR count). The normalized spacial score (nSPS) is 32.6. The topological polar surface area (TPSA) is 39.4 Å². The van der Waals surface area contributed by atoms with Gasteiger partial charge in [-0.1, -0.05) is 12.5 Å². The minimum absolute atomic E-state index is 0.143. The van der Waals surface area contributed by atoms with E-state index in [-0.39, 0.29) is 17.5 Å². The Hall–Kier alpha value is -1.51. The largest absolute Gasteiger partial charge is 0.472 e. The summed E-state index contributed by atoms with van der Waals surface area (Å²) in [7, 11) is 0. The molecular formula is C14H16O3. The number of ether oxygens (including phenoxy) is 1. The fraction of sp³-hybridized carbons (Fsp3) is 0.500. The molecular weight excluding hydrogens is 216 g/mol. The minimum atomic E-state index is -0.181. The molecule has 1 aromatic heterocycles. The van der Waals surface area contributed by atoms with E-state index >= 15 is 0 Å². The Bertz CT molecular complexity index is 484. The summed E-state index contributed by atoms with van der Waals surface area (Å²) in [6.45, 7) is 4.18. The van der Waals surface area contributed by atoms with Crippen molar-refractivity contribution in [3.63, 3.8) is 0 Å². The van der Waals surface area contributed by atoms with E-state index in [0.29, 0.717) is 0 Å². The van der Waals surface area contributed by atoms with Crippen LogP contribution in [0.4, 0.5) is 0 Å². The van der Waals surface area contributed by atoms with E-state index in [9.17, 15) is 4.79 Å². The molecule has 2 aliphatic rings. The maximum absolute atomic E-state index is 12.0. The summed E-state index contributed by atoms with van der Waals surface area (Å²) in [5.74, 6) is -0.143. The summed E-state index contributed by atoms with van der Waals surface area (Å²) in [5, 5.41) is 0. The molecule has 1 fully saturated rings. The van der Waals surface area contributed by atoms with Crippen LogP contribution in [-0.2, 0) is 9.53 Å². The van der Waals surface area contributed by atoms with Crippen LogP contribution >= 0.6 is 0 Å². The number of hydrogen-bond acceptors (Lipinski definition) is 3. The summed E-state index contributed by atoms with van der Waals surface area (Å²) < 4.78 is 10.7. The van der Waals surface area contributed by atoms with Crippen LogP contribution in [0.25, 0.3) is 0 Å². The highest BCUT2D eigenvalue weighted by atomic mass is 16.6. The van der Waals surface area contributed by atoms with Crippen LogP contribution in [0.15, 0.2) is 34.2 Å². The van der Waals surface area contributed by atoms with Crippen LogP contribution < -0.4 is 0 Å². The number of carbonyl (C=O) groups is 1. The molecule has 3 nitrogen and oxygen atoms in total. The Balaban J connectivity index is 2.11. The van der Waals surface area contributed by atoms with Gasteiger partial charge in [0.2, 0.25) is 0 Å². The quantitative estimate of drug-likeness (QED) is 0.697. The van der Waals surface area contributed by atoms with Crippen LogP contribution in [0.3, 0.4) is 0 Å². The lowest BCUT2D eigenvalue weighted by Crippen LogP contribution is -2.26. The van der Waals surface area contributed by atoms with Gasteiger partial charge in [0.1, 0.15) is 6.10 Å². The Kier molecular flexibility index (Phi) is 2.18. The first-order valence-corrected chi connectivity index (χ1v) is 6.06. The smallest absolute Gasteiger partial charge is 0.335 e. The SMILES string of the molecule is CC1=C2C(=O)O[C@@H](c3ccoc3)[C@]2(C)CCC1. The van der Waals surface area contributed by atoms with Crippen molar-refractivity contribution < 1.29 is 13.9 Å². The molecule has 17 heavy (non-hydrogen) atoms. The van der Waals surface area contributed by atoms with Gasteiger partial charge < -0.3 is 9.15 Å². The van der Waals surface area contributed by atoms with Crippen molar-refractivity contribution in [2.24, 2.45) is 5.41 Å². The number of allylic oxidation sites excluding steroid dienone is 1. The monoisotopic (exact) mass is 232 g/mol. The first-order valence-electron chi connectivity index (χ1n) is 6.06. The van der Waals surface area contributed by atoms with E-state index in [1.165, 1.54) is 5.57 Å². The molecule has 0 saturated carbocycles. The average molecular weight is 232 g/mol. The lowest BCUT2D eigenvalue weighted by Gasteiger charge is -2.33. The molecule has 2 heterocycles. The van der Waals surface area contributed by atoms with E-state index in [1.807, 2.05) is 13.0 Å². The zero-order valence-electron chi connectivity index (χ0n) is 10.2. The predicted octanol–water partition coefficient (Wildman–Crippen LogP) is 3.38. The van der Waals surface area contributed by atoms with E-state index < -0.39 is 0 Å². The van der Waals surface area contributed by atoms with Crippen molar-refractivity contribution in [3.8, 4) is 0 Å².